The van der Waals surface area contributed by atoms with Gasteiger partial charge in [0.15, 0.2) is 0 Å². The van der Waals surface area contributed by atoms with Gasteiger partial charge in [-0.25, -0.2) is 4.39 Å². The molecule has 0 saturated carbocycles. The lowest BCUT2D eigenvalue weighted by molar-refractivity contribution is -0.269. The number of anilines is 2. The molecule has 3 rings (SSSR count). The topological polar surface area (TPSA) is 81.0 Å². The molecule has 0 spiro atoms. The van der Waals surface area contributed by atoms with Crippen LogP contribution in [0, 0.1) is 17.1 Å². The summed E-state index contributed by atoms with van der Waals surface area (Å²) >= 11 is 5.78. The zero-order chi connectivity index (χ0) is 17.3. The first-order valence-corrected chi connectivity index (χ1v) is 7.21. The van der Waals surface area contributed by atoms with Crippen molar-refractivity contribution >= 4 is 33.9 Å². The summed E-state index contributed by atoms with van der Waals surface area (Å²) in [4.78, 5) is 4.17. The number of nitrogens with zero attached hydrogens (tertiary/aromatic N) is 2. The smallest absolute Gasteiger partial charge is 0.141 e. The highest BCUT2D eigenvalue weighted by Gasteiger charge is 2.12. The monoisotopic (exact) mass is 342 g/mol. The zero-order valence-corrected chi connectivity index (χ0v) is 13.2. The van der Waals surface area contributed by atoms with E-state index in [1.807, 2.05) is 6.07 Å². The van der Waals surface area contributed by atoms with Gasteiger partial charge in [-0.1, -0.05) is 23.4 Å². The molecule has 5 nitrogen and oxygen atoms in total. The van der Waals surface area contributed by atoms with Crippen LogP contribution in [-0.4, -0.2) is 12.1 Å². The van der Waals surface area contributed by atoms with Crippen molar-refractivity contribution in [1.29, 1.82) is 5.26 Å². The molecule has 3 aromatic rings. The van der Waals surface area contributed by atoms with Crippen LogP contribution in [0.1, 0.15) is 5.56 Å². The normalized spacial score (nSPS) is 10.4. The van der Waals surface area contributed by atoms with Crippen molar-refractivity contribution in [3.63, 3.8) is 0 Å². The lowest BCUT2D eigenvalue weighted by atomic mass is 10.1. The number of rotatable bonds is 3. The maximum absolute atomic E-state index is 13.3. The number of pyridine rings is 1. The molecule has 1 aromatic heterocycles. The fourth-order valence-corrected chi connectivity index (χ4v) is 2.48. The average Bonchev–Trinajstić information content (AvgIpc) is 2.58. The van der Waals surface area contributed by atoms with Crippen molar-refractivity contribution in [2.45, 2.75) is 0 Å². The molecule has 0 radical (unpaired) electrons. The molecule has 0 bridgehead atoms. The largest absolute Gasteiger partial charge is 0.870 e. The first-order valence-electron chi connectivity index (χ1n) is 6.83. The molecule has 2 aromatic carbocycles. The van der Waals surface area contributed by atoms with Gasteiger partial charge in [-0.2, -0.15) is 5.26 Å². The first kappa shape index (κ1) is 15.8. The van der Waals surface area contributed by atoms with Gasteiger partial charge < -0.3 is 15.2 Å². The lowest BCUT2D eigenvalue weighted by Gasteiger charge is -2.17. The number of aromatic nitrogens is 1. The van der Waals surface area contributed by atoms with Crippen molar-refractivity contribution in [3.8, 4) is 17.6 Å². The quantitative estimate of drug-likeness (QED) is 0.784. The van der Waals surface area contributed by atoms with Crippen LogP contribution in [0.3, 0.4) is 0 Å². The molecule has 0 aliphatic heterocycles. The fourth-order valence-electron chi connectivity index (χ4n) is 2.30. The van der Waals surface area contributed by atoms with E-state index in [9.17, 15) is 14.8 Å². The standard InChI is InChI=1S/C17H11ClFN3O2/c1-24-16-6-14-11(5-15(16)23)17(9(7-20)8-21-14)22-10-2-3-13(19)12(18)4-10/h2-6,8,23H,1H3,(H,21,22)/p-1. The minimum atomic E-state index is -0.547. The van der Waals surface area contributed by atoms with E-state index < -0.39 is 5.82 Å². The Hall–Kier alpha value is -3.04. The van der Waals surface area contributed by atoms with E-state index in [1.54, 1.807) is 0 Å². The molecule has 1 N–H and O–H groups in total. The second-order valence-corrected chi connectivity index (χ2v) is 5.34. The summed E-state index contributed by atoms with van der Waals surface area (Å²) in [5.41, 5.74) is 1.60. The predicted octanol–water partition coefficient (Wildman–Crippen LogP) is 3.72. The predicted molar refractivity (Wildman–Crippen MR) is 87.1 cm³/mol. The van der Waals surface area contributed by atoms with Crippen LogP contribution in [0.4, 0.5) is 15.8 Å². The van der Waals surface area contributed by atoms with Gasteiger partial charge in [0.05, 0.1) is 28.9 Å². The third kappa shape index (κ3) is 2.77. The fraction of sp³-hybridized carbons (Fsp3) is 0.0588. The van der Waals surface area contributed by atoms with E-state index in [0.717, 1.165) is 0 Å². The van der Waals surface area contributed by atoms with Crippen molar-refractivity contribution in [2.75, 3.05) is 12.4 Å². The van der Waals surface area contributed by atoms with Crippen molar-refractivity contribution in [3.05, 3.63) is 52.9 Å². The van der Waals surface area contributed by atoms with Gasteiger partial charge in [0.1, 0.15) is 17.6 Å². The number of hydrogen-bond donors (Lipinski definition) is 1. The number of halogens is 2. The zero-order valence-electron chi connectivity index (χ0n) is 12.4. The summed E-state index contributed by atoms with van der Waals surface area (Å²) in [5.74, 6) is -0.716. The molecule has 0 saturated heterocycles. The highest BCUT2D eigenvalue weighted by atomic mass is 35.5. The molecule has 0 aliphatic rings. The molecule has 7 heteroatoms. The summed E-state index contributed by atoms with van der Waals surface area (Å²) in [5, 5.41) is 24.8. The maximum Gasteiger partial charge on any atom is 0.141 e. The van der Waals surface area contributed by atoms with Crippen LogP contribution in [0.2, 0.25) is 5.02 Å². The molecule has 0 aliphatic carbocycles. The van der Waals surface area contributed by atoms with Crippen LogP contribution in [-0.2, 0) is 0 Å². The van der Waals surface area contributed by atoms with Crippen LogP contribution >= 0.6 is 11.6 Å². The Labute approximate surface area is 141 Å². The Kier molecular flexibility index (Phi) is 4.11. The molecule has 24 heavy (non-hydrogen) atoms. The summed E-state index contributed by atoms with van der Waals surface area (Å²) in [7, 11) is 1.39. The van der Waals surface area contributed by atoms with Gasteiger partial charge in [0, 0.05) is 23.3 Å². The number of hydrogen-bond acceptors (Lipinski definition) is 5. The summed E-state index contributed by atoms with van der Waals surface area (Å²) in [6.07, 6.45) is 1.39. The van der Waals surface area contributed by atoms with E-state index >= 15 is 0 Å². The Morgan fingerprint density at radius 3 is 2.79 bits per heavy atom. The third-order valence-electron chi connectivity index (χ3n) is 3.46. The van der Waals surface area contributed by atoms with Crippen LogP contribution < -0.4 is 15.2 Å². The first-order chi connectivity index (χ1) is 11.5. The SMILES string of the molecule is COc1cc2ncc(C#N)c(Nc3ccc(F)c(Cl)c3)c2cc1[O-]. The number of nitrogens with one attached hydrogen (secondary N) is 1. The number of ether oxygens (including phenoxy) is 1. The lowest BCUT2D eigenvalue weighted by Crippen LogP contribution is -2.00. The number of methoxy groups -OCH3 is 1. The Balaban J connectivity index is 2.19. The van der Waals surface area contributed by atoms with Crippen LogP contribution in [0.5, 0.6) is 11.5 Å². The van der Waals surface area contributed by atoms with Crippen molar-refractivity contribution < 1.29 is 14.2 Å². The van der Waals surface area contributed by atoms with E-state index in [-0.39, 0.29) is 22.1 Å². The average molecular weight is 343 g/mol. The molecule has 1 heterocycles. The van der Waals surface area contributed by atoms with E-state index in [0.29, 0.717) is 22.3 Å². The Morgan fingerprint density at radius 2 is 2.12 bits per heavy atom. The molecule has 0 fully saturated rings. The molecule has 120 valence electrons. The molecule has 0 unspecified atom stereocenters. The van der Waals surface area contributed by atoms with Gasteiger partial charge in [0.25, 0.3) is 0 Å². The van der Waals surface area contributed by atoms with Gasteiger partial charge in [0.2, 0.25) is 0 Å². The molecular formula is C17H10ClFN3O2-. The van der Waals surface area contributed by atoms with E-state index in [2.05, 4.69) is 10.3 Å². The minimum Gasteiger partial charge on any atom is -0.870 e. The highest BCUT2D eigenvalue weighted by molar-refractivity contribution is 6.31. The number of nitriles is 1. The van der Waals surface area contributed by atoms with Crippen molar-refractivity contribution in [1.82, 2.24) is 4.98 Å². The second-order valence-electron chi connectivity index (χ2n) is 4.93. The van der Waals surface area contributed by atoms with Crippen molar-refractivity contribution in [2.24, 2.45) is 0 Å². The van der Waals surface area contributed by atoms with Gasteiger partial charge in [-0.3, -0.25) is 4.98 Å². The number of fused-ring (bicyclic) bond motifs is 1. The Morgan fingerprint density at radius 1 is 1.33 bits per heavy atom. The second kappa shape index (κ2) is 6.22. The summed E-state index contributed by atoms with van der Waals surface area (Å²) in [6.45, 7) is 0. The minimum absolute atomic E-state index is 0.0527. The van der Waals surface area contributed by atoms with Gasteiger partial charge in [-0.15, -0.1) is 0 Å². The third-order valence-corrected chi connectivity index (χ3v) is 3.75. The van der Waals surface area contributed by atoms with Crippen LogP contribution in [0.25, 0.3) is 10.9 Å². The maximum atomic E-state index is 13.3. The molecular weight excluding hydrogens is 333 g/mol. The van der Waals surface area contributed by atoms with Gasteiger partial charge in [-0.05, 0) is 18.2 Å². The van der Waals surface area contributed by atoms with Crippen LogP contribution in [0.15, 0.2) is 36.5 Å². The van der Waals surface area contributed by atoms with E-state index in [1.165, 1.54) is 43.6 Å². The molecule has 0 atom stereocenters. The summed E-state index contributed by atoms with van der Waals surface area (Å²) < 4.78 is 18.3. The number of benzene rings is 2. The van der Waals surface area contributed by atoms with E-state index in [4.69, 9.17) is 16.3 Å². The van der Waals surface area contributed by atoms with Gasteiger partial charge >= 0.3 is 0 Å². The molecule has 0 amide bonds. The highest BCUT2D eigenvalue weighted by Crippen LogP contribution is 2.35. The Bertz CT molecular complexity index is 986. The summed E-state index contributed by atoms with van der Waals surface area (Å²) in [6, 6.07) is 8.95.